The summed E-state index contributed by atoms with van der Waals surface area (Å²) in [4.78, 5) is 39.3. The smallest absolute Gasteiger partial charge is 0.408 e. The van der Waals surface area contributed by atoms with Gasteiger partial charge in [0.15, 0.2) is 0 Å². The molecule has 8 heteroatoms. The summed E-state index contributed by atoms with van der Waals surface area (Å²) in [7, 11) is 0. The second-order valence-electron chi connectivity index (χ2n) is 8.59. The van der Waals surface area contributed by atoms with E-state index in [-0.39, 0.29) is 31.6 Å². The van der Waals surface area contributed by atoms with Crippen LogP contribution in [0.4, 0.5) is 4.79 Å². The third kappa shape index (κ3) is 8.02. The topological polar surface area (TPSA) is 108 Å². The average Bonchev–Trinajstić information content (AvgIpc) is 2.60. The van der Waals surface area contributed by atoms with Crippen molar-refractivity contribution >= 4 is 17.9 Å². The number of rotatable bonds is 8. The monoisotopic (exact) mass is 421 g/mol. The van der Waals surface area contributed by atoms with Crippen LogP contribution in [0.3, 0.4) is 0 Å². The molecule has 0 aliphatic rings. The summed E-state index contributed by atoms with van der Waals surface area (Å²) in [6, 6.07) is 4.61. The molecule has 0 aromatic heterocycles. The fourth-order valence-electron chi connectivity index (χ4n) is 2.94. The van der Waals surface area contributed by atoms with Crippen LogP contribution in [-0.2, 0) is 14.3 Å². The Morgan fingerprint density at radius 1 is 1.17 bits per heavy atom. The molecule has 1 rings (SSSR count). The number of aryl methyl sites for hydroxylation is 2. The van der Waals surface area contributed by atoms with Crippen LogP contribution in [-0.4, -0.2) is 59.3 Å². The summed E-state index contributed by atoms with van der Waals surface area (Å²) in [5.41, 5.74) is 1.77. The van der Waals surface area contributed by atoms with Crippen molar-refractivity contribution in [3.05, 3.63) is 34.9 Å². The van der Waals surface area contributed by atoms with Gasteiger partial charge in [-0.25, -0.2) is 4.79 Å². The van der Waals surface area contributed by atoms with Gasteiger partial charge in [-0.2, -0.15) is 0 Å². The van der Waals surface area contributed by atoms with E-state index < -0.39 is 23.6 Å². The fraction of sp³-hybridized carbons (Fsp3) is 0.591. The average molecular weight is 422 g/mol. The van der Waals surface area contributed by atoms with Gasteiger partial charge in [0.1, 0.15) is 18.2 Å². The lowest BCUT2D eigenvalue weighted by molar-refractivity contribution is -0.141. The summed E-state index contributed by atoms with van der Waals surface area (Å²) < 4.78 is 5.16. The van der Waals surface area contributed by atoms with Gasteiger partial charge in [-0.3, -0.25) is 9.59 Å². The van der Waals surface area contributed by atoms with Gasteiger partial charge >= 0.3 is 6.09 Å². The second kappa shape index (κ2) is 11.0. The number of aliphatic hydroxyl groups excluding tert-OH is 1. The molecule has 0 fully saturated rings. The van der Waals surface area contributed by atoms with Crippen molar-refractivity contribution in [2.24, 2.45) is 0 Å². The molecule has 0 saturated carbocycles. The maximum Gasteiger partial charge on any atom is 0.408 e. The number of nitrogens with zero attached hydrogens (tertiary/aromatic N) is 1. The fourth-order valence-corrected chi connectivity index (χ4v) is 2.94. The summed E-state index contributed by atoms with van der Waals surface area (Å²) in [6.07, 6.45) is -0.727. The molecule has 0 aliphatic heterocycles. The predicted molar refractivity (Wildman–Crippen MR) is 115 cm³/mol. The first-order chi connectivity index (χ1) is 13.9. The van der Waals surface area contributed by atoms with Crippen LogP contribution in [0.15, 0.2) is 18.2 Å². The van der Waals surface area contributed by atoms with Crippen LogP contribution < -0.4 is 10.6 Å². The molecule has 1 aromatic carbocycles. The first kappa shape index (κ1) is 25.4. The molecule has 8 nitrogen and oxygen atoms in total. The van der Waals surface area contributed by atoms with Gasteiger partial charge in [0, 0.05) is 12.6 Å². The van der Waals surface area contributed by atoms with E-state index in [9.17, 15) is 19.5 Å². The molecule has 3 N–H and O–H groups in total. The van der Waals surface area contributed by atoms with Gasteiger partial charge in [-0.1, -0.05) is 23.8 Å². The maximum absolute atomic E-state index is 13.1. The Balaban J connectivity index is 3.20. The van der Waals surface area contributed by atoms with E-state index >= 15 is 0 Å². The SMILES string of the molecule is Cc1ccc(C)c(C(C(=O)NC(C)C)N(CCO)C(=O)CNC(=O)OC(C)(C)C)c1. The molecule has 0 heterocycles. The Bertz CT molecular complexity index is 756. The predicted octanol–water partition coefficient (Wildman–Crippen LogP) is 2.21. The number of carbonyl (C=O) groups is 3. The molecule has 0 spiro atoms. The third-order valence-corrected chi connectivity index (χ3v) is 4.16. The van der Waals surface area contributed by atoms with Crippen LogP contribution in [0, 0.1) is 13.8 Å². The van der Waals surface area contributed by atoms with Gasteiger partial charge in [-0.05, 0) is 59.6 Å². The molecule has 0 radical (unpaired) electrons. The largest absolute Gasteiger partial charge is 0.444 e. The van der Waals surface area contributed by atoms with Gasteiger partial charge in [0.05, 0.1) is 6.61 Å². The van der Waals surface area contributed by atoms with Crippen LogP contribution in [0.1, 0.15) is 57.4 Å². The Hall–Kier alpha value is -2.61. The number of carbonyl (C=O) groups excluding carboxylic acids is 3. The zero-order chi connectivity index (χ0) is 23.1. The minimum absolute atomic E-state index is 0.0571. The lowest BCUT2D eigenvalue weighted by atomic mass is 9.96. The van der Waals surface area contributed by atoms with Crippen molar-refractivity contribution in [2.45, 2.75) is 66.2 Å². The zero-order valence-corrected chi connectivity index (χ0v) is 19.0. The number of benzene rings is 1. The molecule has 1 unspecified atom stereocenters. The van der Waals surface area contributed by atoms with Gasteiger partial charge < -0.3 is 25.4 Å². The number of alkyl carbamates (subject to hydrolysis) is 1. The van der Waals surface area contributed by atoms with Crippen molar-refractivity contribution in [1.82, 2.24) is 15.5 Å². The molecular weight excluding hydrogens is 386 g/mol. The van der Waals surface area contributed by atoms with Crippen LogP contribution in [0.5, 0.6) is 0 Å². The maximum atomic E-state index is 13.1. The zero-order valence-electron chi connectivity index (χ0n) is 19.0. The molecule has 3 amide bonds. The van der Waals surface area contributed by atoms with Crippen molar-refractivity contribution in [1.29, 1.82) is 0 Å². The van der Waals surface area contributed by atoms with Gasteiger partial charge in [0.2, 0.25) is 11.8 Å². The molecular formula is C22H35N3O5. The Morgan fingerprint density at radius 3 is 2.33 bits per heavy atom. The number of ether oxygens (including phenoxy) is 1. The highest BCUT2D eigenvalue weighted by Gasteiger charge is 2.32. The lowest BCUT2D eigenvalue weighted by Crippen LogP contribution is -2.49. The Kier molecular flexibility index (Phi) is 9.29. The Labute approximate surface area is 179 Å². The molecule has 1 aromatic rings. The van der Waals surface area contributed by atoms with E-state index in [0.717, 1.165) is 11.1 Å². The van der Waals surface area contributed by atoms with Crippen LogP contribution >= 0.6 is 0 Å². The normalized spacial score (nSPS) is 12.3. The number of nitrogens with one attached hydrogen (secondary N) is 2. The van der Waals surface area contributed by atoms with E-state index in [1.54, 1.807) is 20.8 Å². The first-order valence-electron chi connectivity index (χ1n) is 10.1. The van der Waals surface area contributed by atoms with E-state index in [1.807, 2.05) is 45.9 Å². The first-order valence-corrected chi connectivity index (χ1v) is 10.1. The van der Waals surface area contributed by atoms with Crippen molar-refractivity contribution in [3.8, 4) is 0 Å². The number of amides is 3. The second-order valence-corrected chi connectivity index (χ2v) is 8.59. The van der Waals surface area contributed by atoms with E-state index in [1.165, 1.54) is 4.90 Å². The molecule has 30 heavy (non-hydrogen) atoms. The summed E-state index contributed by atoms with van der Waals surface area (Å²) >= 11 is 0. The van der Waals surface area contributed by atoms with Crippen LogP contribution in [0.25, 0.3) is 0 Å². The lowest BCUT2D eigenvalue weighted by Gasteiger charge is -2.32. The molecule has 0 aliphatic carbocycles. The van der Waals surface area contributed by atoms with Crippen LogP contribution in [0.2, 0.25) is 0 Å². The summed E-state index contributed by atoms with van der Waals surface area (Å²) in [5.74, 6) is -0.850. The Morgan fingerprint density at radius 2 is 1.80 bits per heavy atom. The molecule has 0 saturated heterocycles. The standard InChI is InChI=1S/C22H35N3O5/c1-14(2)24-20(28)19(17-12-15(3)8-9-16(17)4)25(10-11-26)18(27)13-23-21(29)30-22(5,6)7/h8-9,12,14,19,26H,10-11,13H2,1-7H3,(H,23,29)(H,24,28). The number of hydrogen-bond acceptors (Lipinski definition) is 5. The van der Waals surface area contributed by atoms with E-state index in [4.69, 9.17) is 4.74 Å². The highest BCUT2D eigenvalue weighted by Crippen LogP contribution is 2.26. The minimum Gasteiger partial charge on any atom is -0.444 e. The third-order valence-electron chi connectivity index (χ3n) is 4.16. The van der Waals surface area contributed by atoms with Crippen molar-refractivity contribution in [2.75, 3.05) is 19.7 Å². The van der Waals surface area contributed by atoms with Gasteiger partial charge in [-0.15, -0.1) is 0 Å². The quantitative estimate of drug-likeness (QED) is 0.596. The van der Waals surface area contributed by atoms with Crippen molar-refractivity contribution in [3.63, 3.8) is 0 Å². The molecule has 1 atom stereocenters. The minimum atomic E-state index is -0.938. The van der Waals surface area contributed by atoms with Gasteiger partial charge in [0.25, 0.3) is 0 Å². The summed E-state index contributed by atoms with van der Waals surface area (Å²) in [5, 5.41) is 14.8. The summed E-state index contributed by atoms with van der Waals surface area (Å²) in [6.45, 7) is 11.9. The van der Waals surface area contributed by atoms with E-state index in [0.29, 0.717) is 5.56 Å². The molecule has 168 valence electrons. The number of aliphatic hydroxyl groups is 1. The number of hydrogen-bond donors (Lipinski definition) is 3. The highest BCUT2D eigenvalue weighted by atomic mass is 16.6. The highest BCUT2D eigenvalue weighted by molar-refractivity contribution is 5.90. The molecule has 0 bridgehead atoms. The van der Waals surface area contributed by atoms with Crippen molar-refractivity contribution < 1.29 is 24.2 Å². The van der Waals surface area contributed by atoms with E-state index in [2.05, 4.69) is 10.6 Å².